The lowest BCUT2D eigenvalue weighted by molar-refractivity contribution is -0.137. The topological polar surface area (TPSA) is 143 Å². The van der Waals surface area contributed by atoms with Gasteiger partial charge in [-0.2, -0.15) is 9.29 Å². The summed E-state index contributed by atoms with van der Waals surface area (Å²) in [5.41, 5.74) is 5.06. The molecule has 5 aromatic rings. The van der Waals surface area contributed by atoms with E-state index in [1.54, 1.807) is 32.5 Å². The predicted octanol–water partition coefficient (Wildman–Crippen LogP) is 6.59. The Balaban J connectivity index is 1.44. The van der Waals surface area contributed by atoms with E-state index in [1.807, 2.05) is 63.5 Å². The monoisotopic (exact) mass is 637 g/mol. The molecule has 2 atom stereocenters. The lowest BCUT2D eigenvalue weighted by Gasteiger charge is -2.41. The first-order chi connectivity index (χ1) is 21.1. The summed E-state index contributed by atoms with van der Waals surface area (Å²) in [4.78, 5) is 16.8. The summed E-state index contributed by atoms with van der Waals surface area (Å²) in [7, 11) is -1.67. The number of carbonyl (C=O) groups is 1. The van der Waals surface area contributed by atoms with Crippen LogP contribution in [0.4, 0.5) is 0 Å². The van der Waals surface area contributed by atoms with Gasteiger partial charge in [-0.1, -0.05) is 24.3 Å². The third-order valence-corrected chi connectivity index (χ3v) is 11.0. The van der Waals surface area contributed by atoms with Gasteiger partial charge in [0.15, 0.2) is 0 Å². The number of carboxylic acid groups (broad SMARTS) is 1. The highest BCUT2D eigenvalue weighted by Gasteiger charge is 2.36. The molecule has 3 N–H and O–H groups in total. The molecule has 11 nitrogen and oxygen atoms in total. The van der Waals surface area contributed by atoms with Crippen LogP contribution in [-0.4, -0.2) is 63.7 Å². The van der Waals surface area contributed by atoms with Crippen molar-refractivity contribution >= 4 is 49.2 Å². The Hall–Kier alpha value is -3.75. The van der Waals surface area contributed by atoms with Crippen LogP contribution in [0.15, 0.2) is 52.7 Å². The number of hydrogen-bond donors (Lipinski definition) is 3. The third-order valence-electron chi connectivity index (χ3n) is 8.12. The number of aliphatic carboxylic acids is 1. The van der Waals surface area contributed by atoms with Crippen LogP contribution in [0.25, 0.3) is 21.1 Å². The summed E-state index contributed by atoms with van der Waals surface area (Å²) < 4.78 is 39.5. The fourth-order valence-corrected chi connectivity index (χ4v) is 8.30. The normalized spacial score (nSPS) is 18.0. The maximum atomic E-state index is 12.2. The number of aryl methyl sites for hydroxylation is 2. The highest BCUT2D eigenvalue weighted by molar-refractivity contribution is 8.22. The number of rotatable bonds is 9. The largest absolute Gasteiger partial charge is 0.481 e. The zero-order chi connectivity index (χ0) is 31.2. The van der Waals surface area contributed by atoms with Gasteiger partial charge in [0, 0.05) is 30.3 Å². The molecular formula is C31H35N5O6S2. The number of ether oxygens (including phenoxy) is 2. The quantitative estimate of drug-likeness (QED) is 0.162. The Labute approximate surface area is 260 Å². The maximum Gasteiger partial charge on any atom is 0.304 e. The number of fused-ring (bicyclic) bond motifs is 3. The third kappa shape index (κ3) is 5.50. The Kier molecular flexibility index (Phi) is 8.24. The van der Waals surface area contributed by atoms with Gasteiger partial charge in [0.2, 0.25) is 11.8 Å². The Morgan fingerprint density at radius 2 is 2.02 bits per heavy atom. The maximum absolute atomic E-state index is 12.2. The van der Waals surface area contributed by atoms with Gasteiger partial charge in [-0.25, -0.2) is 4.68 Å². The fraction of sp³-hybridized carbons (Fsp3) is 0.355. The second kappa shape index (κ2) is 12.0. The van der Waals surface area contributed by atoms with Crippen molar-refractivity contribution in [2.45, 2.75) is 57.1 Å². The molecule has 0 spiro atoms. The van der Waals surface area contributed by atoms with Crippen molar-refractivity contribution in [3.63, 3.8) is 0 Å². The van der Waals surface area contributed by atoms with E-state index >= 15 is 0 Å². The first-order valence-electron chi connectivity index (χ1n) is 14.4. The average molecular weight is 638 g/mol. The lowest BCUT2D eigenvalue weighted by Crippen LogP contribution is -2.34. The van der Waals surface area contributed by atoms with Crippen LogP contribution in [-0.2, 0) is 18.4 Å². The van der Waals surface area contributed by atoms with Crippen LogP contribution >= 0.6 is 22.1 Å². The van der Waals surface area contributed by atoms with E-state index in [4.69, 9.17) is 9.47 Å². The van der Waals surface area contributed by atoms with E-state index in [1.165, 1.54) is 0 Å². The van der Waals surface area contributed by atoms with Gasteiger partial charge in [0.25, 0.3) is 0 Å². The number of pyridine rings is 1. The molecule has 0 amide bonds. The van der Waals surface area contributed by atoms with Crippen LogP contribution < -0.4 is 9.47 Å². The zero-order valence-electron chi connectivity index (χ0n) is 24.9. The summed E-state index contributed by atoms with van der Waals surface area (Å²) in [5, 5.41) is 21.4. The molecule has 0 aliphatic carbocycles. The van der Waals surface area contributed by atoms with Gasteiger partial charge in [-0.3, -0.25) is 13.9 Å². The number of hydrogen-bond acceptors (Lipinski definition) is 10. The summed E-state index contributed by atoms with van der Waals surface area (Å²) in [6.45, 7) is 6.68. The Bertz CT molecular complexity index is 1850. The van der Waals surface area contributed by atoms with E-state index in [0.717, 1.165) is 43.4 Å². The number of nitrogens with zero attached hydrogens (tertiary/aromatic N) is 5. The molecule has 0 radical (unpaired) electrons. The molecule has 44 heavy (non-hydrogen) atoms. The van der Waals surface area contributed by atoms with Crippen LogP contribution in [0.1, 0.15) is 54.9 Å². The number of benzene rings is 2. The Morgan fingerprint density at radius 1 is 1.20 bits per heavy atom. The summed E-state index contributed by atoms with van der Waals surface area (Å²) in [5.74, 6) is -0.852. The molecule has 0 saturated heterocycles. The molecule has 6 rings (SSSR count). The molecule has 0 fully saturated rings. The highest BCUT2D eigenvalue weighted by Crippen LogP contribution is 2.57. The van der Waals surface area contributed by atoms with Crippen molar-refractivity contribution in [1.82, 2.24) is 24.3 Å². The van der Waals surface area contributed by atoms with Crippen LogP contribution in [0.5, 0.6) is 11.8 Å². The van der Waals surface area contributed by atoms with Gasteiger partial charge in [-0.05, 0) is 77.6 Å². The molecule has 0 saturated carbocycles. The van der Waals surface area contributed by atoms with Gasteiger partial charge >= 0.3 is 5.97 Å². The van der Waals surface area contributed by atoms with Crippen molar-refractivity contribution in [3.8, 4) is 11.8 Å². The van der Waals surface area contributed by atoms with Crippen LogP contribution in [0.2, 0.25) is 0 Å². The van der Waals surface area contributed by atoms with Crippen molar-refractivity contribution in [2.24, 2.45) is 7.05 Å². The summed E-state index contributed by atoms with van der Waals surface area (Å²) in [6, 6.07) is 13.2. The van der Waals surface area contributed by atoms with E-state index < -0.39 is 22.7 Å². The molecule has 13 heteroatoms. The molecule has 0 bridgehead atoms. The van der Waals surface area contributed by atoms with Crippen molar-refractivity contribution in [2.75, 3.05) is 13.2 Å². The molecule has 1 unspecified atom stereocenters. The molecular weight excluding hydrogens is 603 g/mol. The fourth-order valence-electron chi connectivity index (χ4n) is 5.86. The second-order valence-electron chi connectivity index (χ2n) is 10.9. The van der Waals surface area contributed by atoms with Gasteiger partial charge in [0.05, 0.1) is 25.1 Å². The molecule has 2 aromatic carbocycles. The first-order valence-corrected chi connectivity index (χ1v) is 16.8. The predicted molar refractivity (Wildman–Crippen MR) is 171 cm³/mol. The van der Waals surface area contributed by atoms with E-state index in [-0.39, 0.29) is 36.4 Å². The average Bonchev–Trinajstić information content (AvgIpc) is 3.60. The van der Waals surface area contributed by atoms with Crippen LogP contribution in [0, 0.1) is 6.92 Å². The van der Waals surface area contributed by atoms with Crippen molar-refractivity contribution in [3.05, 3.63) is 70.1 Å². The smallest absolute Gasteiger partial charge is 0.304 e. The van der Waals surface area contributed by atoms with E-state index in [9.17, 15) is 19.0 Å². The number of aromatic nitrogens is 4. The second-order valence-corrected chi connectivity index (χ2v) is 13.8. The molecule has 3 aromatic heterocycles. The minimum Gasteiger partial charge on any atom is -0.481 e. The molecule has 232 valence electrons. The van der Waals surface area contributed by atoms with Gasteiger partial charge in [0.1, 0.15) is 16.5 Å². The first kappa shape index (κ1) is 30.3. The SMILES string of the molecule is CCOc1ccc2c(n1)O[C@H](CC)CN(Cc1cc(C(CC(=O)O)c3ccc4c(nnn4C)c3C)cc3ccsc13)S2(O)O. The van der Waals surface area contributed by atoms with Crippen LogP contribution in [0.3, 0.4) is 0 Å². The zero-order valence-corrected chi connectivity index (χ0v) is 26.6. The molecule has 4 heterocycles. The van der Waals surface area contributed by atoms with Crippen molar-refractivity contribution in [1.29, 1.82) is 0 Å². The van der Waals surface area contributed by atoms with Crippen molar-refractivity contribution < 1.29 is 28.5 Å². The van der Waals surface area contributed by atoms with Gasteiger partial charge < -0.3 is 14.6 Å². The summed E-state index contributed by atoms with van der Waals surface area (Å²) >= 11 is 1.57. The lowest BCUT2D eigenvalue weighted by atomic mass is 9.84. The standard InChI is InChI=1S/C31H35N5O6S2/c1-5-22-17-36(44(39,40)26-9-10-27(41-6-2)32-31(26)42-22)16-21-14-20(13-19-11-12-43-30(19)21)24(15-28(37)38)23-7-8-25-29(18(23)3)33-34-35(25)4/h7-14,22,24,39-40H,5-6,15-17H2,1-4H3,(H,37,38)/t22-,24?/m1/s1. The highest BCUT2D eigenvalue weighted by atomic mass is 32.3. The number of carboxylic acids is 1. The van der Waals surface area contributed by atoms with E-state index in [0.29, 0.717) is 18.9 Å². The molecule has 1 aliphatic rings. The summed E-state index contributed by atoms with van der Waals surface area (Å²) in [6.07, 6.45) is 0.175. The number of thiophene rings is 1. The minimum absolute atomic E-state index is 0.118. The van der Waals surface area contributed by atoms with Gasteiger partial charge in [-0.15, -0.1) is 27.2 Å². The Morgan fingerprint density at radius 3 is 2.77 bits per heavy atom. The molecule has 1 aliphatic heterocycles. The minimum atomic E-state index is -3.49. The van der Waals surface area contributed by atoms with E-state index in [2.05, 4.69) is 15.3 Å².